The van der Waals surface area contributed by atoms with Crippen molar-refractivity contribution in [3.8, 4) is 0 Å². The molecule has 0 radical (unpaired) electrons. The Morgan fingerprint density at radius 1 is 1.25 bits per heavy atom. The van der Waals surface area contributed by atoms with E-state index in [0.717, 1.165) is 22.7 Å². The van der Waals surface area contributed by atoms with Crippen molar-refractivity contribution in [2.45, 2.75) is 18.1 Å². The van der Waals surface area contributed by atoms with Crippen LogP contribution < -0.4 is 11.2 Å². The monoisotopic (exact) mass is 408 g/mol. The normalized spacial score (nSPS) is 11.2. The number of fused-ring (bicyclic) bond motifs is 1. The Kier molecular flexibility index (Phi) is 5.25. The molecular weight excluding hydrogens is 392 g/mol. The van der Waals surface area contributed by atoms with Gasteiger partial charge in [0.15, 0.2) is 16.3 Å². The highest BCUT2D eigenvalue weighted by atomic mass is 79.9. The summed E-state index contributed by atoms with van der Waals surface area (Å²) in [6.45, 7) is 0.631. The predicted molar refractivity (Wildman–Crippen MR) is 100 cm³/mol. The molecule has 0 aliphatic rings. The van der Waals surface area contributed by atoms with Crippen LogP contribution in [-0.4, -0.2) is 30.2 Å². The lowest BCUT2D eigenvalue weighted by molar-refractivity contribution is 0.650. The average molecular weight is 409 g/mol. The van der Waals surface area contributed by atoms with Gasteiger partial charge in [0, 0.05) is 24.7 Å². The first-order valence-electron chi connectivity index (χ1n) is 7.54. The van der Waals surface area contributed by atoms with Crippen molar-refractivity contribution in [2.75, 3.05) is 11.1 Å². The van der Waals surface area contributed by atoms with Crippen LogP contribution in [0.4, 0.5) is 0 Å². The third-order valence-electron chi connectivity index (χ3n) is 3.75. The first-order chi connectivity index (χ1) is 11.6. The van der Waals surface area contributed by atoms with Crippen LogP contribution >= 0.6 is 27.7 Å². The fourth-order valence-corrected chi connectivity index (χ4v) is 3.78. The van der Waals surface area contributed by atoms with E-state index in [0.29, 0.717) is 17.7 Å². The van der Waals surface area contributed by atoms with Crippen LogP contribution in [-0.2, 0) is 20.0 Å². The maximum atomic E-state index is 12.3. The van der Waals surface area contributed by atoms with Crippen LogP contribution in [0.5, 0.6) is 0 Å². The lowest BCUT2D eigenvalue weighted by atomic mass is 10.1. The highest BCUT2D eigenvalue weighted by molar-refractivity contribution is 9.09. The summed E-state index contributed by atoms with van der Waals surface area (Å²) in [5.41, 5.74) is 1.23. The summed E-state index contributed by atoms with van der Waals surface area (Å²) >= 11 is 4.98. The number of thioether (sulfide) groups is 1. The van der Waals surface area contributed by atoms with Gasteiger partial charge in [0.2, 0.25) is 0 Å². The van der Waals surface area contributed by atoms with Gasteiger partial charge in [-0.1, -0.05) is 58.0 Å². The van der Waals surface area contributed by atoms with E-state index in [2.05, 4.69) is 38.0 Å². The Labute approximate surface area is 151 Å². The van der Waals surface area contributed by atoms with Crippen molar-refractivity contribution < 1.29 is 0 Å². The number of aromatic nitrogens is 4. The number of rotatable bonds is 6. The molecule has 0 spiro atoms. The third-order valence-corrected chi connectivity index (χ3v) is 5.65. The number of aromatic amines is 1. The molecule has 0 aliphatic heterocycles. The van der Waals surface area contributed by atoms with E-state index in [-0.39, 0.29) is 5.56 Å². The molecule has 0 saturated heterocycles. The molecule has 0 fully saturated rings. The van der Waals surface area contributed by atoms with E-state index in [9.17, 15) is 9.59 Å². The number of alkyl halides is 1. The van der Waals surface area contributed by atoms with Crippen LogP contribution in [0.15, 0.2) is 45.1 Å². The minimum Gasteiger partial charge on any atom is -0.313 e. The third kappa shape index (κ3) is 3.34. The van der Waals surface area contributed by atoms with Gasteiger partial charge in [0.05, 0.1) is 0 Å². The second-order valence-corrected chi connectivity index (χ2v) is 7.16. The van der Waals surface area contributed by atoms with Gasteiger partial charge in [-0.05, 0) is 12.0 Å². The maximum Gasteiger partial charge on any atom is 0.329 e. The number of nitrogens with one attached hydrogen (secondary N) is 1. The van der Waals surface area contributed by atoms with Gasteiger partial charge in [-0.3, -0.25) is 14.3 Å². The van der Waals surface area contributed by atoms with Crippen molar-refractivity contribution in [3.05, 3.63) is 56.7 Å². The molecule has 126 valence electrons. The largest absolute Gasteiger partial charge is 0.329 e. The molecule has 1 aromatic carbocycles. The van der Waals surface area contributed by atoms with Gasteiger partial charge in [-0.15, -0.1) is 0 Å². The van der Waals surface area contributed by atoms with Crippen LogP contribution in [0.3, 0.4) is 0 Å². The lowest BCUT2D eigenvalue weighted by Crippen LogP contribution is -2.29. The highest BCUT2D eigenvalue weighted by Gasteiger charge is 2.17. The summed E-state index contributed by atoms with van der Waals surface area (Å²) < 4.78 is 3.29. The van der Waals surface area contributed by atoms with E-state index in [4.69, 9.17) is 0 Å². The predicted octanol–water partition coefficient (Wildman–Crippen LogP) is 2.15. The summed E-state index contributed by atoms with van der Waals surface area (Å²) in [5.74, 6) is 0.834. The van der Waals surface area contributed by atoms with E-state index in [1.807, 2.05) is 22.8 Å². The molecule has 1 N–H and O–H groups in total. The molecule has 2 aromatic heterocycles. The fourth-order valence-electron chi connectivity index (χ4n) is 2.55. The topological polar surface area (TPSA) is 72.7 Å². The zero-order valence-electron chi connectivity index (χ0n) is 13.2. The van der Waals surface area contributed by atoms with Crippen molar-refractivity contribution in [3.63, 3.8) is 0 Å². The Hall–Kier alpha value is -1.80. The summed E-state index contributed by atoms with van der Waals surface area (Å²) in [4.78, 5) is 31.0. The Balaban J connectivity index is 2.07. The number of hydrogen-bond acceptors (Lipinski definition) is 4. The van der Waals surface area contributed by atoms with Gasteiger partial charge >= 0.3 is 5.69 Å². The SMILES string of the molecule is Cn1c(=O)[nH]c(=O)c2c1nc(SCCBr)n2CCc1ccccc1. The van der Waals surface area contributed by atoms with Gasteiger partial charge in [0.1, 0.15) is 0 Å². The van der Waals surface area contributed by atoms with Crippen molar-refractivity contribution in [1.82, 2.24) is 19.1 Å². The molecule has 0 amide bonds. The average Bonchev–Trinajstić information content (AvgIpc) is 2.96. The minimum atomic E-state index is -0.447. The summed E-state index contributed by atoms with van der Waals surface area (Å²) in [6, 6.07) is 10.1. The van der Waals surface area contributed by atoms with Gasteiger partial charge in [-0.2, -0.15) is 0 Å². The molecule has 0 aliphatic carbocycles. The number of H-pyrrole nitrogens is 1. The molecule has 0 unspecified atom stereocenters. The Bertz CT molecular complexity index is 962. The number of aryl methyl sites for hydroxylation is 3. The number of benzene rings is 1. The number of nitrogens with zero attached hydrogens (tertiary/aromatic N) is 3. The molecule has 3 aromatic rings. The molecule has 6 nitrogen and oxygen atoms in total. The van der Waals surface area contributed by atoms with Crippen LogP contribution in [0.2, 0.25) is 0 Å². The van der Waals surface area contributed by atoms with Crippen molar-refractivity contribution in [1.29, 1.82) is 0 Å². The van der Waals surface area contributed by atoms with Crippen molar-refractivity contribution >= 4 is 38.9 Å². The summed E-state index contributed by atoms with van der Waals surface area (Å²) in [7, 11) is 1.62. The molecule has 8 heteroatoms. The number of hydrogen-bond donors (Lipinski definition) is 1. The molecular formula is C16H17BrN4O2S. The van der Waals surface area contributed by atoms with E-state index in [1.54, 1.807) is 18.8 Å². The lowest BCUT2D eigenvalue weighted by Gasteiger charge is -2.08. The summed E-state index contributed by atoms with van der Waals surface area (Å²) in [6.07, 6.45) is 0.788. The highest BCUT2D eigenvalue weighted by Crippen LogP contribution is 2.22. The van der Waals surface area contributed by atoms with Gasteiger partial charge < -0.3 is 4.57 Å². The number of halogens is 1. The second-order valence-electron chi connectivity index (χ2n) is 5.31. The van der Waals surface area contributed by atoms with E-state index < -0.39 is 5.69 Å². The standard InChI is InChI=1S/C16H17BrN4O2S/c1-20-13-12(14(22)19-15(20)23)21(16(18-13)24-10-8-17)9-7-11-5-3-2-4-6-11/h2-6H,7-10H2,1H3,(H,19,22,23). The molecule has 3 rings (SSSR count). The Morgan fingerprint density at radius 2 is 2.00 bits per heavy atom. The van der Waals surface area contributed by atoms with Crippen LogP contribution in [0.1, 0.15) is 5.56 Å². The molecule has 0 bridgehead atoms. The van der Waals surface area contributed by atoms with Crippen LogP contribution in [0.25, 0.3) is 11.2 Å². The molecule has 2 heterocycles. The maximum absolute atomic E-state index is 12.3. The summed E-state index contributed by atoms with van der Waals surface area (Å²) in [5, 5.41) is 1.58. The first kappa shape index (κ1) is 17.0. The van der Waals surface area contributed by atoms with Gasteiger partial charge in [-0.25, -0.2) is 9.78 Å². The fraction of sp³-hybridized carbons (Fsp3) is 0.312. The van der Waals surface area contributed by atoms with Crippen molar-refractivity contribution in [2.24, 2.45) is 7.05 Å². The van der Waals surface area contributed by atoms with E-state index in [1.165, 1.54) is 10.1 Å². The minimum absolute atomic E-state index is 0.389. The van der Waals surface area contributed by atoms with E-state index >= 15 is 0 Å². The number of imidazole rings is 1. The first-order valence-corrected chi connectivity index (χ1v) is 9.64. The second kappa shape index (κ2) is 7.40. The zero-order chi connectivity index (χ0) is 17.1. The molecule has 0 atom stereocenters. The zero-order valence-corrected chi connectivity index (χ0v) is 15.6. The quantitative estimate of drug-likeness (QED) is 0.500. The van der Waals surface area contributed by atoms with Gasteiger partial charge in [0.25, 0.3) is 5.56 Å². The van der Waals surface area contributed by atoms with Crippen LogP contribution in [0, 0.1) is 0 Å². The molecule has 24 heavy (non-hydrogen) atoms. The molecule has 0 saturated carbocycles. The Morgan fingerprint density at radius 3 is 2.71 bits per heavy atom. The smallest absolute Gasteiger partial charge is 0.313 e.